The molecule has 0 saturated carbocycles. The Labute approximate surface area is 135 Å². The summed E-state index contributed by atoms with van der Waals surface area (Å²) in [7, 11) is 0. The highest BCUT2D eigenvalue weighted by atomic mass is 35.5. The van der Waals surface area contributed by atoms with Gasteiger partial charge in [-0.3, -0.25) is 4.79 Å². The second-order valence-electron chi connectivity index (χ2n) is 5.07. The van der Waals surface area contributed by atoms with E-state index in [1.165, 1.54) is 5.56 Å². The normalized spacial score (nSPS) is 10.5. The standard InChI is InChI=1S/C17H17Cl2NO/c1-11-6-8-16(12(2)10-11)20-17(21)9-7-13-14(18)4-3-5-15(13)19/h3-6,8,10H,7,9H2,1-2H3,(H,20,21). The lowest BCUT2D eigenvalue weighted by Gasteiger charge is -2.10. The van der Waals surface area contributed by atoms with Crippen LogP contribution in [0.2, 0.25) is 10.0 Å². The van der Waals surface area contributed by atoms with Gasteiger partial charge in [-0.25, -0.2) is 0 Å². The first-order valence-corrected chi connectivity index (χ1v) is 7.53. The summed E-state index contributed by atoms with van der Waals surface area (Å²) in [6, 6.07) is 11.3. The Morgan fingerprint density at radius 3 is 2.38 bits per heavy atom. The van der Waals surface area contributed by atoms with Crippen molar-refractivity contribution in [1.82, 2.24) is 0 Å². The molecule has 0 saturated heterocycles. The van der Waals surface area contributed by atoms with Gasteiger partial charge in [-0.2, -0.15) is 0 Å². The molecule has 4 heteroatoms. The predicted molar refractivity (Wildman–Crippen MR) is 89.3 cm³/mol. The lowest BCUT2D eigenvalue weighted by Crippen LogP contribution is -2.13. The molecule has 21 heavy (non-hydrogen) atoms. The highest BCUT2D eigenvalue weighted by Gasteiger charge is 2.09. The van der Waals surface area contributed by atoms with Crippen molar-refractivity contribution >= 4 is 34.8 Å². The van der Waals surface area contributed by atoms with E-state index in [0.29, 0.717) is 22.9 Å². The van der Waals surface area contributed by atoms with Crippen molar-refractivity contribution in [2.45, 2.75) is 26.7 Å². The average molecular weight is 322 g/mol. The fourth-order valence-corrected chi connectivity index (χ4v) is 2.76. The number of hydrogen-bond donors (Lipinski definition) is 1. The van der Waals surface area contributed by atoms with Crippen LogP contribution in [0.4, 0.5) is 5.69 Å². The molecule has 2 rings (SSSR count). The molecule has 0 bridgehead atoms. The molecule has 0 fully saturated rings. The third-order valence-electron chi connectivity index (χ3n) is 3.32. The first-order chi connectivity index (χ1) is 9.97. The summed E-state index contributed by atoms with van der Waals surface area (Å²) in [6.45, 7) is 4.01. The molecule has 0 heterocycles. The summed E-state index contributed by atoms with van der Waals surface area (Å²) in [6.07, 6.45) is 0.867. The maximum absolute atomic E-state index is 12.0. The van der Waals surface area contributed by atoms with Gasteiger partial charge >= 0.3 is 0 Å². The Bertz CT molecular complexity index is 648. The fourth-order valence-electron chi connectivity index (χ4n) is 2.18. The zero-order chi connectivity index (χ0) is 15.4. The van der Waals surface area contributed by atoms with E-state index >= 15 is 0 Å². The minimum Gasteiger partial charge on any atom is -0.326 e. The van der Waals surface area contributed by atoms with E-state index in [2.05, 4.69) is 5.32 Å². The summed E-state index contributed by atoms with van der Waals surface area (Å²) < 4.78 is 0. The molecule has 0 spiro atoms. The van der Waals surface area contributed by atoms with Crippen molar-refractivity contribution in [2.24, 2.45) is 0 Å². The molecule has 2 aromatic rings. The van der Waals surface area contributed by atoms with Crippen molar-refractivity contribution in [1.29, 1.82) is 0 Å². The van der Waals surface area contributed by atoms with Gasteiger partial charge < -0.3 is 5.32 Å². The summed E-state index contributed by atoms with van der Waals surface area (Å²) in [5.41, 5.74) is 3.89. The van der Waals surface area contributed by atoms with Gasteiger partial charge in [0.25, 0.3) is 0 Å². The van der Waals surface area contributed by atoms with Crippen LogP contribution in [0.5, 0.6) is 0 Å². The second-order valence-corrected chi connectivity index (χ2v) is 5.88. The smallest absolute Gasteiger partial charge is 0.224 e. The predicted octanol–water partition coefficient (Wildman–Crippen LogP) is 5.18. The molecule has 2 nitrogen and oxygen atoms in total. The van der Waals surface area contributed by atoms with Gasteiger partial charge in [-0.05, 0) is 49.6 Å². The molecule has 0 radical (unpaired) electrons. The topological polar surface area (TPSA) is 29.1 Å². The molecule has 0 atom stereocenters. The van der Waals surface area contributed by atoms with Gasteiger partial charge in [0.15, 0.2) is 0 Å². The summed E-state index contributed by atoms with van der Waals surface area (Å²) in [5, 5.41) is 4.12. The van der Waals surface area contributed by atoms with E-state index in [1.54, 1.807) is 18.2 Å². The first kappa shape index (κ1) is 15.9. The quantitative estimate of drug-likeness (QED) is 0.825. The van der Waals surface area contributed by atoms with Crippen LogP contribution < -0.4 is 5.32 Å². The lowest BCUT2D eigenvalue weighted by molar-refractivity contribution is -0.116. The van der Waals surface area contributed by atoms with Gasteiger partial charge in [0.05, 0.1) is 0 Å². The molecular formula is C17H17Cl2NO. The Morgan fingerprint density at radius 1 is 1.10 bits per heavy atom. The maximum atomic E-state index is 12.0. The molecule has 0 aliphatic carbocycles. The van der Waals surface area contributed by atoms with Crippen molar-refractivity contribution in [2.75, 3.05) is 5.32 Å². The van der Waals surface area contributed by atoms with Crippen molar-refractivity contribution in [3.8, 4) is 0 Å². The monoisotopic (exact) mass is 321 g/mol. The Balaban J connectivity index is 1.99. The number of carbonyl (C=O) groups excluding carboxylic acids is 1. The molecule has 1 amide bonds. The van der Waals surface area contributed by atoms with Crippen LogP contribution in [0.1, 0.15) is 23.1 Å². The molecule has 0 aliphatic heterocycles. The van der Waals surface area contributed by atoms with E-state index in [1.807, 2.05) is 32.0 Å². The van der Waals surface area contributed by atoms with E-state index in [4.69, 9.17) is 23.2 Å². The highest BCUT2D eigenvalue weighted by Crippen LogP contribution is 2.25. The number of rotatable bonds is 4. The largest absolute Gasteiger partial charge is 0.326 e. The number of halogens is 2. The van der Waals surface area contributed by atoms with Crippen LogP contribution in [-0.2, 0) is 11.2 Å². The SMILES string of the molecule is Cc1ccc(NC(=O)CCc2c(Cl)cccc2Cl)c(C)c1. The van der Waals surface area contributed by atoms with Crippen molar-refractivity contribution in [3.05, 3.63) is 63.1 Å². The lowest BCUT2D eigenvalue weighted by atomic mass is 10.1. The number of nitrogens with one attached hydrogen (secondary N) is 1. The summed E-state index contributed by atoms with van der Waals surface area (Å²) in [4.78, 5) is 12.0. The van der Waals surface area contributed by atoms with Gasteiger partial charge in [-0.15, -0.1) is 0 Å². The Hall–Kier alpha value is -1.51. The number of benzene rings is 2. The van der Waals surface area contributed by atoms with Crippen LogP contribution in [0.3, 0.4) is 0 Å². The van der Waals surface area contributed by atoms with Crippen LogP contribution >= 0.6 is 23.2 Å². The number of anilines is 1. The molecular weight excluding hydrogens is 305 g/mol. The Morgan fingerprint density at radius 2 is 1.76 bits per heavy atom. The van der Waals surface area contributed by atoms with Gasteiger partial charge in [0.1, 0.15) is 0 Å². The first-order valence-electron chi connectivity index (χ1n) is 6.77. The van der Waals surface area contributed by atoms with Crippen LogP contribution in [-0.4, -0.2) is 5.91 Å². The molecule has 2 aromatic carbocycles. The highest BCUT2D eigenvalue weighted by molar-refractivity contribution is 6.36. The molecule has 110 valence electrons. The molecule has 0 aliphatic rings. The van der Waals surface area contributed by atoms with Gasteiger partial charge in [0.2, 0.25) is 5.91 Å². The zero-order valence-electron chi connectivity index (χ0n) is 12.0. The average Bonchev–Trinajstić information content (AvgIpc) is 2.41. The molecule has 0 unspecified atom stereocenters. The molecule has 0 aromatic heterocycles. The summed E-state index contributed by atoms with van der Waals surface area (Å²) >= 11 is 12.2. The van der Waals surface area contributed by atoms with E-state index < -0.39 is 0 Å². The van der Waals surface area contributed by atoms with E-state index in [0.717, 1.165) is 16.8 Å². The zero-order valence-corrected chi connectivity index (χ0v) is 13.6. The number of hydrogen-bond acceptors (Lipinski definition) is 1. The number of carbonyl (C=O) groups is 1. The van der Waals surface area contributed by atoms with Crippen molar-refractivity contribution in [3.63, 3.8) is 0 Å². The van der Waals surface area contributed by atoms with Crippen molar-refractivity contribution < 1.29 is 4.79 Å². The van der Waals surface area contributed by atoms with E-state index in [9.17, 15) is 4.79 Å². The second kappa shape index (κ2) is 6.97. The Kier molecular flexibility index (Phi) is 5.27. The third kappa shape index (κ3) is 4.23. The summed E-state index contributed by atoms with van der Waals surface area (Å²) in [5.74, 6) is -0.0436. The molecule has 1 N–H and O–H groups in total. The minimum atomic E-state index is -0.0436. The van der Waals surface area contributed by atoms with Crippen LogP contribution in [0.25, 0.3) is 0 Å². The number of aryl methyl sites for hydroxylation is 2. The van der Waals surface area contributed by atoms with Gasteiger partial charge in [0, 0.05) is 22.2 Å². The van der Waals surface area contributed by atoms with Gasteiger partial charge in [-0.1, -0.05) is 47.0 Å². The minimum absolute atomic E-state index is 0.0436. The third-order valence-corrected chi connectivity index (χ3v) is 4.03. The fraction of sp³-hybridized carbons (Fsp3) is 0.235. The van der Waals surface area contributed by atoms with E-state index in [-0.39, 0.29) is 5.91 Å². The van der Waals surface area contributed by atoms with Crippen LogP contribution in [0, 0.1) is 13.8 Å². The van der Waals surface area contributed by atoms with Crippen LogP contribution in [0.15, 0.2) is 36.4 Å². The number of amides is 1. The maximum Gasteiger partial charge on any atom is 0.224 e.